The lowest BCUT2D eigenvalue weighted by Gasteiger charge is -2.19. The molecule has 0 aliphatic carbocycles. The van der Waals surface area contributed by atoms with Crippen LogP contribution in [0, 0.1) is 29.9 Å². The Bertz CT molecular complexity index is 1060. The van der Waals surface area contributed by atoms with Crippen molar-refractivity contribution in [3.05, 3.63) is 64.7 Å². The first-order chi connectivity index (χ1) is 13.6. The Labute approximate surface area is 168 Å². The van der Waals surface area contributed by atoms with E-state index < -0.39 is 33.6 Å². The summed E-state index contributed by atoms with van der Waals surface area (Å²) in [5, 5.41) is 11.7. The van der Waals surface area contributed by atoms with Gasteiger partial charge in [0.05, 0.1) is 11.0 Å². The molecule has 2 aromatic carbocycles. The summed E-state index contributed by atoms with van der Waals surface area (Å²) in [4.78, 5) is 12.7. The fourth-order valence-corrected chi connectivity index (χ4v) is 4.33. The quantitative estimate of drug-likeness (QED) is 0.743. The summed E-state index contributed by atoms with van der Waals surface area (Å²) in [6.45, 7) is 5.57. The van der Waals surface area contributed by atoms with Gasteiger partial charge in [-0.15, -0.1) is 0 Å². The highest BCUT2D eigenvalue weighted by Crippen LogP contribution is 2.22. The van der Waals surface area contributed by atoms with Crippen LogP contribution < -0.4 is 5.32 Å². The minimum absolute atomic E-state index is 0.0426. The van der Waals surface area contributed by atoms with Crippen LogP contribution in [0.3, 0.4) is 0 Å². The van der Waals surface area contributed by atoms with Gasteiger partial charge in [0.15, 0.2) is 0 Å². The minimum atomic E-state index is -3.79. The number of hydrogen-bond donors (Lipinski definition) is 1. The third kappa shape index (κ3) is 4.78. The van der Waals surface area contributed by atoms with E-state index in [2.05, 4.69) is 5.32 Å². The van der Waals surface area contributed by atoms with Crippen molar-refractivity contribution in [2.75, 3.05) is 13.1 Å². The van der Waals surface area contributed by atoms with Gasteiger partial charge in [-0.05, 0) is 30.7 Å². The zero-order valence-electron chi connectivity index (χ0n) is 16.2. The molecular formula is C20H21F2N3O3S. The van der Waals surface area contributed by atoms with Crippen molar-refractivity contribution < 1.29 is 22.0 Å². The van der Waals surface area contributed by atoms with Gasteiger partial charge in [0.1, 0.15) is 17.7 Å². The maximum absolute atomic E-state index is 14.0. The van der Waals surface area contributed by atoms with Crippen molar-refractivity contribution >= 4 is 15.9 Å². The van der Waals surface area contributed by atoms with Gasteiger partial charge in [0, 0.05) is 30.3 Å². The van der Waals surface area contributed by atoms with Crippen molar-refractivity contribution in [1.82, 2.24) is 9.62 Å². The first-order valence-electron chi connectivity index (χ1n) is 8.91. The van der Waals surface area contributed by atoms with Crippen LogP contribution in [0.1, 0.15) is 41.4 Å². The van der Waals surface area contributed by atoms with Crippen LogP contribution >= 0.6 is 0 Å². The van der Waals surface area contributed by atoms with E-state index in [9.17, 15) is 27.3 Å². The third-order valence-electron chi connectivity index (χ3n) is 4.47. The SMILES string of the molecule is CCN(CC)S(=O)(=O)c1ccc(C)c(C(=O)NC(C#N)c2ccc(F)cc2F)c1. The third-order valence-corrected chi connectivity index (χ3v) is 6.52. The van der Waals surface area contributed by atoms with Crippen LogP contribution in [0.5, 0.6) is 0 Å². The monoisotopic (exact) mass is 421 g/mol. The highest BCUT2D eigenvalue weighted by atomic mass is 32.2. The molecule has 0 aliphatic heterocycles. The Kier molecular flexibility index (Phi) is 7.06. The molecule has 0 aliphatic rings. The number of carbonyl (C=O) groups is 1. The summed E-state index contributed by atoms with van der Waals surface area (Å²) < 4.78 is 53.8. The summed E-state index contributed by atoms with van der Waals surface area (Å²) in [5.41, 5.74) is 0.338. The molecule has 0 radical (unpaired) electrons. The lowest BCUT2D eigenvalue weighted by molar-refractivity contribution is 0.0944. The second kappa shape index (κ2) is 9.11. The average molecular weight is 421 g/mol. The van der Waals surface area contributed by atoms with Crippen LogP contribution in [0.15, 0.2) is 41.3 Å². The molecule has 154 valence electrons. The number of amides is 1. The molecule has 2 rings (SSSR count). The molecular weight excluding hydrogens is 400 g/mol. The van der Waals surface area contributed by atoms with E-state index in [1.807, 2.05) is 0 Å². The molecule has 29 heavy (non-hydrogen) atoms. The second-order valence-electron chi connectivity index (χ2n) is 6.27. The van der Waals surface area contributed by atoms with Crippen molar-refractivity contribution in [3.8, 4) is 6.07 Å². The fourth-order valence-electron chi connectivity index (χ4n) is 2.84. The van der Waals surface area contributed by atoms with Gasteiger partial charge >= 0.3 is 0 Å². The Morgan fingerprint density at radius 3 is 2.38 bits per heavy atom. The number of benzene rings is 2. The molecule has 1 unspecified atom stereocenters. The molecule has 1 N–H and O–H groups in total. The topological polar surface area (TPSA) is 90.3 Å². The van der Waals surface area contributed by atoms with Crippen molar-refractivity contribution in [2.45, 2.75) is 31.7 Å². The van der Waals surface area contributed by atoms with E-state index >= 15 is 0 Å². The Balaban J connectivity index is 2.39. The predicted octanol–water partition coefficient (Wildman–Crippen LogP) is 3.30. The molecule has 2 aromatic rings. The molecule has 0 heterocycles. The zero-order chi connectivity index (χ0) is 21.8. The Hall–Kier alpha value is -2.83. The Morgan fingerprint density at radius 1 is 1.17 bits per heavy atom. The second-order valence-corrected chi connectivity index (χ2v) is 8.21. The molecule has 1 amide bonds. The van der Waals surface area contributed by atoms with Crippen LogP contribution in [0.4, 0.5) is 8.78 Å². The molecule has 0 fully saturated rings. The van der Waals surface area contributed by atoms with Gasteiger partial charge < -0.3 is 5.32 Å². The standard InChI is InChI=1S/C20H21F2N3O3S/c1-4-25(5-2)29(27,28)15-8-6-13(3)17(11-15)20(26)24-19(12-23)16-9-7-14(21)10-18(16)22/h6-11,19H,4-5H2,1-3H3,(H,24,26). The zero-order valence-corrected chi connectivity index (χ0v) is 17.1. The number of aryl methyl sites for hydroxylation is 1. The van der Waals surface area contributed by atoms with Crippen LogP contribution in [-0.4, -0.2) is 31.7 Å². The number of halogens is 2. The number of hydrogen-bond acceptors (Lipinski definition) is 4. The van der Waals surface area contributed by atoms with Crippen molar-refractivity contribution in [3.63, 3.8) is 0 Å². The molecule has 6 nitrogen and oxygen atoms in total. The highest BCUT2D eigenvalue weighted by Gasteiger charge is 2.25. The van der Waals surface area contributed by atoms with E-state index in [-0.39, 0.29) is 29.1 Å². The van der Waals surface area contributed by atoms with Gasteiger partial charge in [-0.25, -0.2) is 17.2 Å². The van der Waals surface area contributed by atoms with E-state index in [1.54, 1.807) is 26.8 Å². The first-order valence-corrected chi connectivity index (χ1v) is 10.4. The number of rotatable bonds is 7. The summed E-state index contributed by atoms with van der Waals surface area (Å²) in [6.07, 6.45) is 0. The Morgan fingerprint density at radius 2 is 1.83 bits per heavy atom. The van der Waals surface area contributed by atoms with Crippen molar-refractivity contribution in [2.24, 2.45) is 0 Å². The molecule has 0 spiro atoms. The lowest BCUT2D eigenvalue weighted by atomic mass is 10.0. The summed E-state index contributed by atoms with van der Waals surface area (Å²) in [6, 6.07) is 7.19. The number of nitriles is 1. The normalized spacial score (nSPS) is 12.4. The minimum Gasteiger partial charge on any atom is -0.332 e. The average Bonchev–Trinajstić information content (AvgIpc) is 2.67. The first kappa shape index (κ1) is 22.5. The van der Waals surface area contributed by atoms with E-state index in [0.717, 1.165) is 12.1 Å². The molecule has 0 saturated carbocycles. The highest BCUT2D eigenvalue weighted by molar-refractivity contribution is 7.89. The fraction of sp³-hybridized carbons (Fsp3) is 0.300. The number of nitrogens with one attached hydrogen (secondary N) is 1. The van der Waals surface area contributed by atoms with Crippen molar-refractivity contribution in [1.29, 1.82) is 5.26 Å². The van der Waals surface area contributed by atoms with E-state index in [4.69, 9.17) is 0 Å². The van der Waals surface area contributed by atoms with Crippen LogP contribution in [0.25, 0.3) is 0 Å². The number of sulfonamides is 1. The largest absolute Gasteiger partial charge is 0.332 e. The van der Waals surface area contributed by atoms with Gasteiger partial charge in [-0.3, -0.25) is 4.79 Å². The smallest absolute Gasteiger partial charge is 0.252 e. The van der Waals surface area contributed by atoms with Gasteiger partial charge in [-0.2, -0.15) is 9.57 Å². The molecule has 0 aromatic heterocycles. The molecule has 0 saturated heterocycles. The van der Waals surface area contributed by atoms with Gasteiger partial charge in [-0.1, -0.05) is 26.0 Å². The van der Waals surface area contributed by atoms with Crippen LogP contribution in [-0.2, 0) is 10.0 Å². The predicted molar refractivity (Wildman–Crippen MR) is 103 cm³/mol. The van der Waals surface area contributed by atoms with Gasteiger partial charge in [0.2, 0.25) is 10.0 Å². The molecule has 0 bridgehead atoms. The van der Waals surface area contributed by atoms with Gasteiger partial charge in [0.25, 0.3) is 5.91 Å². The number of carbonyl (C=O) groups excluding carboxylic acids is 1. The lowest BCUT2D eigenvalue weighted by Crippen LogP contribution is -2.32. The summed E-state index contributed by atoms with van der Waals surface area (Å²) in [7, 11) is -3.79. The summed E-state index contributed by atoms with van der Waals surface area (Å²) in [5.74, 6) is -2.51. The number of nitrogens with zero attached hydrogens (tertiary/aromatic N) is 2. The van der Waals surface area contributed by atoms with E-state index in [1.165, 1.54) is 22.5 Å². The maximum Gasteiger partial charge on any atom is 0.252 e. The van der Waals surface area contributed by atoms with Crippen LogP contribution in [0.2, 0.25) is 0 Å². The molecule has 9 heteroatoms. The summed E-state index contributed by atoms with van der Waals surface area (Å²) >= 11 is 0. The van der Waals surface area contributed by atoms with E-state index in [0.29, 0.717) is 11.6 Å². The maximum atomic E-state index is 14.0. The molecule has 1 atom stereocenters.